The first kappa shape index (κ1) is 13.5. The van der Waals surface area contributed by atoms with Crippen LogP contribution in [0.4, 0.5) is 8.78 Å². The van der Waals surface area contributed by atoms with Crippen LogP contribution in [0.3, 0.4) is 0 Å². The molecule has 0 aromatic heterocycles. The molecule has 2 fully saturated rings. The number of rotatable bonds is 2. The molecule has 0 radical (unpaired) electrons. The largest absolute Gasteiger partial charge is 0.349 e. The number of carbonyl (C=O) groups excluding carboxylic acids is 1. The minimum absolute atomic E-state index is 0.0614. The molecule has 1 aliphatic carbocycles. The highest BCUT2D eigenvalue weighted by molar-refractivity contribution is 5.94. The zero-order valence-corrected chi connectivity index (χ0v) is 11.2. The molecular weight excluding hydrogens is 262 g/mol. The van der Waals surface area contributed by atoms with Crippen molar-refractivity contribution in [2.75, 3.05) is 13.1 Å². The molecule has 1 aliphatic heterocycles. The third-order valence-corrected chi connectivity index (χ3v) is 4.48. The monoisotopic (exact) mass is 280 g/mol. The lowest BCUT2D eigenvalue weighted by Crippen LogP contribution is -2.41. The molecule has 1 aromatic rings. The van der Waals surface area contributed by atoms with E-state index >= 15 is 0 Å². The summed E-state index contributed by atoms with van der Waals surface area (Å²) in [6, 6.07) is 3.75. The second-order valence-corrected chi connectivity index (χ2v) is 5.76. The fraction of sp³-hybridized carbons (Fsp3) is 0.533. The van der Waals surface area contributed by atoms with Crippen molar-refractivity contribution < 1.29 is 13.6 Å². The van der Waals surface area contributed by atoms with Crippen LogP contribution in [0.1, 0.15) is 29.6 Å². The first-order valence-corrected chi connectivity index (χ1v) is 7.10. The maximum atomic E-state index is 13.6. The fourth-order valence-electron chi connectivity index (χ4n) is 3.37. The van der Waals surface area contributed by atoms with Crippen LogP contribution in [-0.4, -0.2) is 25.0 Å². The van der Waals surface area contributed by atoms with Gasteiger partial charge in [0, 0.05) is 6.04 Å². The molecular formula is C15H18F2N2O. The summed E-state index contributed by atoms with van der Waals surface area (Å²) in [6.45, 7) is 2.05. The summed E-state index contributed by atoms with van der Waals surface area (Å²) in [5, 5.41) is 6.21. The van der Waals surface area contributed by atoms with E-state index in [1.807, 2.05) is 0 Å². The number of fused-ring (bicyclic) bond motifs is 1. The van der Waals surface area contributed by atoms with Gasteiger partial charge in [0.15, 0.2) is 11.6 Å². The van der Waals surface area contributed by atoms with Crippen molar-refractivity contribution in [1.29, 1.82) is 0 Å². The Hall–Kier alpha value is -1.49. The molecule has 2 N–H and O–H groups in total. The van der Waals surface area contributed by atoms with Crippen LogP contribution in [0.2, 0.25) is 0 Å². The smallest absolute Gasteiger partial charge is 0.254 e. The number of hydrogen-bond donors (Lipinski definition) is 2. The van der Waals surface area contributed by atoms with E-state index in [1.165, 1.54) is 12.1 Å². The highest BCUT2D eigenvalue weighted by atomic mass is 19.2. The number of carbonyl (C=O) groups is 1. The van der Waals surface area contributed by atoms with Gasteiger partial charge in [0.25, 0.3) is 5.91 Å². The molecule has 2 aliphatic rings. The van der Waals surface area contributed by atoms with Crippen LogP contribution in [-0.2, 0) is 0 Å². The zero-order chi connectivity index (χ0) is 14.1. The van der Waals surface area contributed by atoms with E-state index in [2.05, 4.69) is 10.6 Å². The third-order valence-electron chi connectivity index (χ3n) is 4.48. The topological polar surface area (TPSA) is 41.1 Å². The van der Waals surface area contributed by atoms with Gasteiger partial charge in [-0.15, -0.1) is 0 Å². The summed E-state index contributed by atoms with van der Waals surface area (Å²) in [4.78, 5) is 12.0. The molecule has 5 heteroatoms. The first-order chi connectivity index (χ1) is 9.65. The van der Waals surface area contributed by atoms with Gasteiger partial charge < -0.3 is 10.6 Å². The van der Waals surface area contributed by atoms with Crippen LogP contribution in [0.5, 0.6) is 0 Å². The van der Waals surface area contributed by atoms with Gasteiger partial charge in [0.05, 0.1) is 5.56 Å². The summed E-state index contributed by atoms with van der Waals surface area (Å²) < 4.78 is 26.7. The van der Waals surface area contributed by atoms with Gasteiger partial charge in [-0.1, -0.05) is 6.07 Å². The molecule has 1 heterocycles. The van der Waals surface area contributed by atoms with E-state index in [0.717, 1.165) is 38.4 Å². The fourth-order valence-corrected chi connectivity index (χ4v) is 3.37. The van der Waals surface area contributed by atoms with Crippen molar-refractivity contribution in [3.8, 4) is 0 Å². The molecule has 3 atom stereocenters. The van der Waals surface area contributed by atoms with Gasteiger partial charge in [-0.25, -0.2) is 8.78 Å². The van der Waals surface area contributed by atoms with Crippen molar-refractivity contribution in [2.24, 2.45) is 11.8 Å². The predicted octanol–water partition coefficient (Wildman–Crippen LogP) is 2.08. The van der Waals surface area contributed by atoms with Crippen LogP contribution in [0.15, 0.2) is 18.2 Å². The van der Waals surface area contributed by atoms with E-state index in [-0.39, 0.29) is 11.6 Å². The summed E-state index contributed by atoms with van der Waals surface area (Å²) in [5.74, 6) is -1.28. The molecule has 0 spiro atoms. The summed E-state index contributed by atoms with van der Waals surface area (Å²) in [6.07, 6.45) is 2.90. The lowest BCUT2D eigenvalue weighted by molar-refractivity contribution is 0.0908. The minimum atomic E-state index is -1.07. The van der Waals surface area contributed by atoms with E-state index < -0.39 is 17.5 Å². The zero-order valence-electron chi connectivity index (χ0n) is 11.2. The van der Waals surface area contributed by atoms with Gasteiger partial charge in [0.2, 0.25) is 0 Å². The molecule has 1 aromatic carbocycles. The van der Waals surface area contributed by atoms with Crippen LogP contribution < -0.4 is 10.6 Å². The highest BCUT2D eigenvalue weighted by Gasteiger charge is 2.34. The lowest BCUT2D eigenvalue weighted by atomic mass is 9.79. The Bertz CT molecular complexity index is 521. The molecule has 20 heavy (non-hydrogen) atoms. The molecule has 1 unspecified atom stereocenters. The second kappa shape index (κ2) is 5.48. The van der Waals surface area contributed by atoms with E-state index in [4.69, 9.17) is 0 Å². The maximum absolute atomic E-state index is 13.6. The van der Waals surface area contributed by atoms with Gasteiger partial charge in [0.1, 0.15) is 0 Å². The molecule has 1 saturated carbocycles. The number of nitrogens with one attached hydrogen (secondary N) is 2. The summed E-state index contributed by atoms with van der Waals surface area (Å²) in [5.41, 5.74) is -0.211. The lowest BCUT2D eigenvalue weighted by Gasteiger charge is -2.31. The molecule has 0 bridgehead atoms. The third kappa shape index (κ3) is 2.54. The minimum Gasteiger partial charge on any atom is -0.349 e. The Balaban J connectivity index is 1.65. The standard InChI is InChI=1S/C15H18F2N2O/c16-13-3-1-2-12(14(13)17)15(20)19-11-5-4-9-7-18-8-10(9)6-11/h1-3,9-11,18H,4-8H2,(H,19,20)/t9-,10+,11?/m0/s1. The van der Waals surface area contributed by atoms with Gasteiger partial charge >= 0.3 is 0 Å². The van der Waals surface area contributed by atoms with Crippen LogP contribution >= 0.6 is 0 Å². The molecule has 1 saturated heterocycles. The quantitative estimate of drug-likeness (QED) is 0.871. The van der Waals surface area contributed by atoms with E-state index in [0.29, 0.717) is 11.8 Å². The molecule has 108 valence electrons. The van der Waals surface area contributed by atoms with E-state index in [9.17, 15) is 13.6 Å². The maximum Gasteiger partial charge on any atom is 0.254 e. The molecule has 3 rings (SSSR count). The SMILES string of the molecule is O=C(NC1CC[C@H]2CNC[C@H]2C1)c1cccc(F)c1F. The van der Waals surface area contributed by atoms with Gasteiger partial charge in [-0.2, -0.15) is 0 Å². The average molecular weight is 280 g/mol. The number of hydrogen-bond acceptors (Lipinski definition) is 2. The normalized spacial score (nSPS) is 29.0. The van der Waals surface area contributed by atoms with Crippen molar-refractivity contribution in [1.82, 2.24) is 10.6 Å². The molecule has 3 nitrogen and oxygen atoms in total. The summed E-state index contributed by atoms with van der Waals surface area (Å²) in [7, 11) is 0. The van der Waals surface area contributed by atoms with Crippen molar-refractivity contribution in [3.05, 3.63) is 35.4 Å². The Kier molecular flexibility index (Phi) is 3.70. The van der Waals surface area contributed by atoms with E-state index in [1.54, 1.807) is 0 Å². The van der Waals surface area contributed by atoms with Gasteiger partial charge in [-0.05, 0) is 56.3 Å². The Morgan fingerprint density at radius 1 is 1.20 bits per heavy atom. The van der Waals surface area contributed by atoms with Crippen molar-refractivity contribution >= 4 is 5.91 Å². The van der Waals surface area contributed by atoms with Crippen LogP contribution in [0.25, 0.3) is 0 Å². The Morgan fingerprint density at radius 2 is 2.00 bits per heavy atom. The Labute approximate surface area is 116 Å². The van der Waals surface area contributed by atoms with Crippen molar-refractivity contribution in [2.45, 2.75) is 25.3 Å². The first-order valence-electron chi connectivity index (χ1n) is 7.10. The van der Waals surface area contributed by atoms with Crippen molar-refractivity contribution in [3.63, 3.8) is 0 Å². The highest BCUT2D eigenvalue weighted by Crippen LogP contribution is 2.32. The average Bonchev–Trinajstić information content (AvgIpc) is 2.89. The number of benzene rings is 1. The second-order valence-electron chi connectivity index (χ2n) is 5.76. The number of amides is 1. The van der Waals surface area contributed by atoms with Crippen LogP contribution in [0, 0.1) is 23.5 Å². The predicted molar refractivity (Wildman–Crippen MR) is 71.3 cm³/mol. The summed E-state index contributed by atoms with van der Waals surface area (Å²) >= 11 is 0. The Morgan fingerprint density at radius 3 is 2.85 bits per heavy atom. The number of halogens is 2. The molecule has 1 amide bonds. The van der Waals surface area contributed by atoms with Gasteiger partial charge in [-0.3, -0.25) is 4.79 Å².